The predicted molar refractivity (Wildman–Crippen MR) is 132 cm³/mol. The molecule has 234 valence electrons. The fraction of sp³-hybridized carbons (Fsp3) is 0.417. The summed E-state index contributed by atoms with van der Waals surface area (Å²) in [5.74, 6) is -3.81. The van der Waals surface area contributed by atoms with Crippen LogP contribution >= 0.6 is 11.6 Å². The van der Waals surface area contributed by atoms with Gasteiger partial charge >= 0.3 is 24.6 Å². The van der Waals surface area contributed by atoms with Crippen molar-refractivity contribution in [1.82, 2.24) is 14.7 Å². The van der Waals surface area contributed by atoms with E-state index in [2.05, 4.69) is 14.8 Å². The maximum Gasteiger partial charge on any atom is 0.437 e. The van der Waals surface area contributed by atoms with Gasteiger partial charge in [0, 0.05) is 32.1 Å². The third-order valence-corrected chi connectivity index (χ3v) is 6.61. The molecule has 0 aliphatic heterocycles. The summed E-state index contributed by atoms with van der Waals surface area (Å²) in [5, 5.41) is 12.3. The Bertz CT molecular complexity index is 1460. The minimum atomic E-state index is -6.68. The largest absolute Gasteiger partial charge is 0.437 e. The van der Waals surface area contributed by atoms with Crippen molar-refractivity contribution in [3.63, 3.8) is 0 Å². The van der Waals surface area contributed by atoms with Crippen LogP contribution in [0.2, 0.25) is 5.02 Å². The number of aryl methyl sites for hydroxylation is 1. The lowest BCUT2D eigenvalue weighted by Gasteiger charge is -2.28. The minimum absolute atomic E-state index is 0.0577. The number of alkyl halides is 9. The number of halogens is 10. The number of methoxy groups -OCH3 is 1. The molecule has 0 bridgehead atoms. The van der Waals surface area contributed by atoms with E-state index in [0.717, 1.165) is 11.1 Å². The van der Waals surface area contributed by atoms with E-state index in [9.17, 15) is 49.6 Å². The number of aliphatic imine (C=N–C) groups is 1. The van der Waals surface area contributed by atoms with Crippen molar-refractivity contribution in [2.45, 2.75) is 43.0 Å². The lowest BCUT2D eigenvalue weighted by Crippen LogP contribution is -2.51. The molecule has 1 fully saturated rings. The Balaban J connectivity index is 2.10. The molecule has 0 radical (unpaired) electrons. The van der Waals surface area contributed by atoms with Crippen LogP contribution < -0.4 is 10.5 Å². The van der Waals surface area contributed by atoms with Crippen LogP contribution in [0.15, 0.2) is 29.4 Å². The summed E-state index contributed by atoms with van der Waals surface area (Å²) >= 11 is 6.20. The monoisotopic (exact) mass is 646 g/mol. The molecule has 0 atom stereocenters. The fourth-order valence-electron chi connectivity index (χ4n) is 3.91. The van der Waals surface area contributed by atoms with Gasteiger partial charge in [-0.25, -0.2) is 14.1 Å². The zero-order valence-corrected chi connectivity index (χ0v) is 22.7. The molecule has 0 unspecified atom stereocenters. The summed E-state index contributed by atoms with van der Waals surface area (Å²) in [6.45, 7) is -4.27. The van der Waals surface area contributed by atoms with Crippen molar-refractivity contribution < 1.29 is 53.8 Å². The van der Waals surface area contributed by atoms with Gasteiger partial charge in [0.25, 0.3) is 5.91 Å². The van der Waals surface area contributed by atoms with E-state index in [4.69, 9.17) is 22.1 Å². The molecular weight excluding hydrogens is 627 g/mol. The Morgan fingerprint density at radius 2 is 1.86 bits per heavy atom. The van der Waals surface area contributed by atoms with E-state index in [1.807, 2.05) is 6.07 Å². The van der Waals surface area contributed by atoms with Crippen molar-refractivity contribution in [3.05, 3.63) is 46.2 Å². The van der Waals surface area contributed by atoms with Crippen LogP contribution in [0.5, 0.6) is 5.75 Å². The van der Waals surface area contributed by atoms with Gasteiger partial charge in [-0.05, 0) is 30.5 Å². The molecule has 1 saturated carbocycles. The minimum Gasteiger partial charge on any atom is -0.429 e. The van der Waals surface area contributed by atoms with Crippen LogP contribution in [0.1, 0.15) is 34.5 Å². The number of carbonyl (C=O) groups excluding carboxylic acids is 1. The highest BCUT2D eigenvalue weighted by Crippen LogP contribution is 2.56. The first-order valence-corrected chi connectivity index (χ1v) is 12.1. The summed E-state index contributed by atoms with van der Waals surface area (Å²) in [6.07, 6.45) is -11.1. The second-order valence-electron chi connectivity index (χ2n) is 9.03. The Morgan fingerprint density at radius 3 is 2.33 bits per heavy atom. The van der Waals surface area contributed by atoms with Gasteiger partial charge in [-0.15, -0.1) is 0 Å². The highest BCUT2D eigenvalue weighted by Gasteiger charge is 2.76. The molecule has 1 aromatic heterocycles. The van der Waals surface area contributed by atoms with Gasteiger partial charge in [-0.2, -0.15) is 45.5 Å². The van der Waals surface area contributed by atoms with Crippen molar-refractivity contribution in [1.29, 1.82) is 5.26 Å². The molecule has 43 heavy (non-hydrogen) atoms. The summed E-state index contributed by atoms with van der Waals surface area (Å²) in [5.41, 5.74) is -4.52. The Morgan fingerprint density at radius 1 is 1.26 bits per heavy atom. The molecule has 2 N–H and O–H groups in total. The van der Waals surface area contributed by atoms with E-state index in [1.54, 1.807) is 0 Å². The van der Waals surface area contributed by atoms with Crippen LogP contribution in [0.25, 0.3) is 5.57 Å². The van der Waals surface area contributed by atoms with Crippen LogP contribution in [0.4, 0.5) is 45.3 Å². The van der Waals surface area contributed by atoms with Crippen LogP contribution in [0.3, 0.4) is 0 Å². The second-order valence-corrected chi connectivity index (χ2v) is 9.43. The number of nitrogens with two attached hydrogens (primary N) is 1. The first-order valence-electron chi connectivity index (χ1n) is 11.7. The van der Waals surface area contributed by atoms with Gasteiger partial charge in [0.05, 0.1) is 16.7 Å². The summed E-state index contributed by atoms with van der Waals surface area (Å²) < 4.78 is 130. The molecule has 1 aromatic carbocycles. The number of allylic oxidation sites excluding steroid dienone is 1. The fourth-order valence-corrected chi connectivity index (χ4v) is 4.11. The number of carbonyl (C=O) groups is 1. The zero-order valence-electron chi connectivity index (χ0n) is 21.9. The molecule has 3 rings (SSSR count). The number of nitrogens with zero attached hydrogens (tertiary/aromatic N) is 5. The SMILES string of the molecule is COCN(C(=O)c1cc(C(C=Nc2c(OC(F)F)c(C(F)(C(F)(F)F)C(F)(F)F)nn2C)=CN)ccc1Cl)C1(C#N)CC1. The number of ether oxygens (including phenoxy) is 2. The van der Waals surface area contributed by atoms with Gasteiger partial charge in [0.15, 0.2) is 17.3 Å². The molecule has 0 saturated heterocycles. The number of aromatic nitrogens is 2. The number of hydrogen-bond donors (Lipinski definition) is 1. The van der Waals surface area contributed by atoms with Crippen LogP contribution in [-0.4, -0.2) is 65.1 Å². The van der Waals surface area contributed by atoms with Gasteiger partial charge in [0.2, 0.25) is 0 Å². The predicted octanol–water partition coefficient (Wildman–Crippen LogP) is 5.77. The third-order valence-electron chi connectivity index (χ3n) is 6.28. The van der Waals surface area contributed by atoms with E-state index >= 15 is 0 Å². The van der Waals surface area contributed by atoms with Gasteiger partial charge < -0.3 is 15.2 Å². The number of hydrogen-bond acceptors (Lipinski definition) is 7. The van der Waals surface area contributed by atoms with Crippen molar-refractivity contribution in [2.75, 3.05) is 13.8 Å². The highest BCUT2D eigenvalue weighted by molar-refractivity contribution is 6.34. The number of rotatable bonds is 10. The normalized spacial score (nSPS) is 15.6. The second kappa shape index (κ2) is 12.0. The molecule has 1 amide bonds. The van der Waals surface area contributed by atoms with Crippen molar-refractivity contribution in [2.24, 2.45) is 17.8 Å². The molecule has 19 heteroatoms. The molecule has 2 aromatic rings. The molecule has 9 nitrogen and oxygen atoms in total. The van der Waals surface area contributed by atoms with E-state index < -0.39 is 53.3 Å². The molecule has 1 heterocycles. The zero-order chi connectivity index (χ0) is 32.5. The van der Waals surface area contributed by atoms with Crippen molar-refractivity contribution in [3.8, 4) is 11.8 Å². The average molecular weight is 647 g/mol. The lowest BCUT2D eigenvalue weighted by atomic mass is 9.99. The molecule has 0 spiro atoms. The summed E-state index contributed by atoms with van der Waals surface area (Å²) in [4.78, 5) is 18.1. The first-order chi connectivity index (χ1) is 19.9. The Hall–Kier alpha value is -3.98. The smallest absolute Gasteiger partial charge is 0.429 e. The first kappa shape index (κ1) is 33.5. The summed E-state index contributed by atoms with van der Waals surface area (Å²) in [7, 11) is 2.00. The van der Waals surface area contributed by atoms with Crippen molar-refractivity contribution >= 4 is 35.1 Å². The topological polar surface area (TPSA) is 119 Å². The Labute approximate surface area is 241 Å². The average Bonchev–Trinajstić information content (AvgIpc) is 3.65. The summed E-state index contributed by atoms with van der Waals surface area (Å²) in [6, 6.07) is 5.77. The van der Waals surface area contributed by atoms with Gasteiger partial charge in [0.1, 0.15) is 12.3 Å². The Kier molecular flexibility index (Phi) is 9.32. The number of amides is 1. The number of benzene rings is 1. The maximum absolute atomic E-state index is 14.8. The lowest BCUT2D eigenvalue weighted by molar-refractivity contribution is -0.350. The third kappa shape index (κ3) is 6.22. The molecule has 1 aliphatic rings. The van der Waals surface area contributed by atoms with Gasteiger partial charge in [-0.1, -0.05) is 17.7 Å². The highest BCUT2D eigenvalue weighted by atomic mass is 35.5. The van der Waals surface area contributed by atoms with E-state index in [0.29, 0.717) is 26.1 Å². The van der Waals surface area contributed by atoms with E-state index in [-0.39, 0.29) is 33.1 Å². The molecule has 1 aliphatic carbocycles. The maximum atomic E-state index is 14.8. The standard InChI is InChI=1S/C24H20ClF9N6O3/c1-39-18(16(43-20(26)27)17(38-39)22(28,23(29,30)31)24(32,33)34)37-9-13(8-35)12-3-4-15(25)14(7-12)19(41)40(11-42-2)21(10-36)5-6-21/h3-4,7-9,20H,5-6,11,35H2,1-2H3. The van der Waals surface area contributed by atoms with Crippen LogP contribution in [0, 0.1) is 11.3 Å². The quantitative estimate of drug-likeness (QED) is 0.199. The number of nitriles is 1. The van der Waals surface area contributed by atoms with Crippen LogP contribution in [-0.2, 0) is 17.5 Å². The van der Waals surface area contributed by atoms with E-state index in [1.165, 1.54) is 25.3 Å². The molecular formula is C24H20ClF9N6O3. The van der Waals surface area contributed by atoms with Gasteiger partial charge in [-0.3, -0.25) is 9.69 Å².